The first-order chi connectivity index (χ1) is 29.2. The van der Waals surface area contributed by atoms with Crippen molar-refractivity contribution in [1.82, 2.24) is 15.0 Å². The van der Waals surface area contributed by atoms with Crippen molar-refractivity contribution >= 4 is 65.0 Å². The fourth-order valence-corrected chi connectivity index (χ4v) is 8.53. The number of hydrogen-bond acceptors (Lipinski definition) is 4. The summed E-state index contributed by atoms with van der Waals surface area (Å²) in [7, 11) is 0. The molecular formula is C55H33N3O. The van der Waals surface area contributed by atoms with Crippen LogP contribution in [0.1, 0.15) is 0 Å². The number of hydrogen-bond donors (Lipinski definition) is 0. The molecule has 0 N–H and O–H groups in total. The molecule has 2 heterocycles. The molecule has 4 nitrogen and oxygen atoms in total. The minimum atomic E-state index is 0.551. The summed E-state index contributed by atoms with van der Waals surface area (Å²) in [5.74, 6) is 1.75. The number of fused-ring (bicyclic) bond motifs is 7. The molecule has 0 spiro atoms. The van der Waals surface area contributed by atoms with Crippen molar-refractivity contribution in [1.29, 1.82) is 0 Å². The maximum absolute atomic E-state index is 6.86. The summed E-state index contributed by atoms with van der Waals surface area (Å²) in [6, 6.07) is 70.8. The number of furan rings is 1. The van der Waals surface area contributed by atoms with E-state index in [1.165, 1.54) is 21.9 Å². The molecule has 12 aromatic rings. The van der Waals surface area contributed by atoms with E-state index in [0.717, 1.165) is 82.1 Å². The highest BCUT2D eigenvalue weighted by Gasteiger charge is 2.21. The highest BCUT2D eigenvalue weighted by molar-refractivity contribution is 6.14. The fraction of sp³-hybridized carbons (Fsp3) is 0. The van der Waals surface area contributed by atoms with Gasteiger partial charge in [-0.3, -0.25) is 0 Å². The molecule has 0 bridgehead atoms. The highest BCUT2D eigenvalue weighted by Crippen LogP contribution is 2.41. The Balaban J connectivity index is 1.08. The SMILES string of the molecule is c1ccc2cc(-c3ccc(-c4cc(-c5nc(-c6ccc7ccccc7c6)nc(-c6ccc7ccccc7c6)n5)c5oc6cc7ccccc7cc6c5c4)cc3)ccc2c1. The van der Waals surface area contributed by atoms with E-state index < -0.39 is 0 Å². The lowest BCUT2D eigenvalue weighted by molar-refractivity contribution is 0.670. The average Bonchev–Trinajstić information content (AvgIpc) is 3.67. The van der Waals surface area contributed by atoms with Gasteiger partial charge in [0, 0.05) is 21.9 Å². The van der Waals surface area contributed by atoms with Crippen LogP contribution in [-0.4, -0.2) is 15.0 Å². The van der Waals surface area contributed by atoms with Crippen molar-refractivity contribution in [3.63, 3.8) is 0 Å². The molecular weight excluding hydrogens is 719 g/mol. The van der Waals surface area contributed by atoms with Crippen molar-refractivity contribution in [3.05, 3.63) is 200 Å². The van der Waals surface area contributed by atoms with Gasteiger partial charge in [-0.2, -0.15) is 0 Å². The Morgan fingerprint density at radius 3 is 1.22 bits per heavy atom. The third kappa shape index (κ3) is 5.81. The van der Waals surface area contributed by atoms with Gasteiger partial charge in [-0.05, 0) is 108 Å². The molecule has 274 valence electrons. The van der Waals surface area contributed by atoms with E-state index in [2.05, 4.69) is 200 Å². The number of rotatable bonds is 5. The summed E-state index contributed by atoms with van der Waals surface area (Å²) in [6.07, 6.45) is 0. The van der Waals surface area contributed by atoms with Crippen LogP contribution in [0.4, 0.5) is 0 Å². The quantitative estimate of drug-likeness (QED) is 0.176. The molecule has 0 amide bonds. The zero-order chi connectivity index (χ0) is 38.9. The maximum atomic E-state index is 6.86. The fourth-order valence-electron chi connectivity index (χ4n) is 8.53. The van der Waals surface area contributed by atoms with Crippen LogP contribution in [0.15, 0.2) is 205 Å². The normalized spacial score (nSPS) is 11.7. The van der Waals surface area contributed by atoms with E-state index >= 15 is 0 Å². The molecule has 2 aromatic heterocycles. The number of aromatic nitrogens is 3. The van der Waals surface area contributed by atoms with Crippen LogP contribution >= 0.6 is 0 Å². The monoisotopic (exact) mass is 751 g/mol. The van der Waals surface area contributed by atoms with Crippen LogP contribution in [0.25, 0.3) is 121 Å². The Labute approximate surface area is 339 Å². The van der Waals surface area contributed by atoms with Crippen molar-refractivity contribution in [2.45, 2.75) is 0 Å². The molecule has 0 radical (unpaired) electrons. The van der Waals surface area contributed by atoms with Crippen molar-refractivity contribution in [2.24, 2.45) is 0 Å². The second-order valence-corrected chi connectivity index (χ2v) is 15.3. The molecule has 0 aliphatic heterocycles. The Hall–Kier alpha value is -7.95. The lowest BCUT2D eigenvalue weighted by atomic mass is 9.95. The molecule has 0 unspecified atom stereocenters. The summed E-state index contributed by atoms with van der Waals surface area (Å²) >= 11 is 0. The Morgan fingerprint density at radius 2 is 0.678 bits per heavy atom. The predicted octanol–water partition coefficient (Wildman–Crippen LogP) is 14.7. The van der Waals surface area contributed by atoms with E-state index in [1.807, 2.05) is 0 Å². The first-order valence-electron chi connectivity index (χ1n) is 19.9. The van der Waals surface area contributed by atoms with E-state index in [9.17, 15) is 0 Å². The molecule has 12 rings (SSSR count). The first kappa shape index (κ1) is 33.2. The first-order valence-corrected chi connectivity index (χ1v) is 19.9. The molecule has 59 heavy (non-hydrogen) atoms. The van der Waals surface area contributed by atoms with Crippen LogP contribution in [-0.2, 0) is 0 Å². The molecule has 0 aliphatic rings. The van der Waals surface area contributed by atoms with Gasteiger partial charge in [0.15, 0.2) is 17.5 Å². The molecule has 0 fully saturated rings. The average molecular weight is 752 g/mol. The number of benzene rings is 10. The largest absolute Gasteiger partial charge is 0.455 e. The standard InChI is InChI=1S/C55H33N3O/c1-4-12-39-27-44(24-21-34(39)9-1)37-17-19-38(20-18-37)47-31-49-48-30-42-15-7-8-16-43(42)33-51(48)59-52(49)50(32-47)55-57-53(45-25-22-35-10-2-5-13-40(35)28-45)56-54(58-55)46-26-23-36-11-3-6-14-41(36)29-46/h1-33H. The van der Waals surface area contributed by atoms with Crippen molar-refractivity contribution in [2.75, 3.05) is 0 Å². The zero-order valence-electron chi connectivity index (χ0n) is 31.8. The van der Waals surface area contributed by atoms with Crippen LogP contribution in [0.5, 0.6) is 0 Å². The minimum absolute atomic E-state index is 0.551. The summed E-state index contributed by atoms with van der Waals surface area (Å²) in [5.41, 5.74) is 8.70. The van der Waals surface area contributed by atoms with Crippen molar-refractivity contribution < 1.29 is 4.42 Å². The third-order valence-corrected chi connectivity index (χ3v) is 11.6. The van der Waals surface area contributed by atoms with Gasteiger partial charge in [-0.1, -0.05) is 158 Å². The van der Waals surface area contributed by atoms with Gasteiger partial charge in [0.2, 0.25) is 0 Å². The Bertz CT molecular complexity index is 3520. The van der Waals surface area contributed by atoms with Gasteiger partial charge < -0.3 is 4.42 Å². The van der Waals surface area contributed by atoms with Crippen LogP contribution in [0.3, 0.4) is 0 Å². The topological polar surface area (TPSA) is 51.8 Å². The summed E-state index contributed by atoms with van der Waals surface area (Å²) in [4.78, 5) is 15.7. The summed E-state index contributed by atoms with van der Waals surface area (Å²) in [6.45, 7) is 0. The second-order valence-electron chi connectivity index (χ2n) is 15.3. The van der Waals surface area contributed by atoms with Gasteiger partial charge in [-0.25, -0.2) is 15.0 Å². The predicted molar refractivity (Wildman–Crippen MR) is 244 cm³/mol. The molecule has 0 saturated heterocycles. The van der Waals surface area contributed by atoms with Gasteiger partial charge in [0.1, 0.15) is 11.2 Å². The molecule has 4 heteroatoms. The van der Waals surface area contributed by atoms with E-state index in [-0.39, 0.29) is 0 Å². The molecule has 0 saturated carbocycles. The molecule has 0 atom stereocenters. The van der Waals surface area contributed by atoms with Crippen LogP contribution < -0.4 is 0 Å². The summed E-state index contributed by atoms with van der Waals surface area (Å²) < 4.78 is 6.86. The van der Waals surface area contributed by atoms with Crippen LogP contribution in [0, 0.1) is 0 Å². The van der Waals surface area contributed by atoms with Crippen molar-refractivity contribution in [3.8, 4) is 56.4 Å². The molecule has 10 aromatic carbocycles. The minimum Gasteiger partial charge on any atom is -0.455 e. The third-order valence-electron chi connectivity index (χ3n) is 11.6. The van der Waals surface area contributed by atoms with E-state index in [0.29, 0.717) is 17.5 Å². The van der Waals surface area contributed by atoms with Gasteiger partial charge in [0.05, 0.1) is 5.56 Å². The summed E-state index contributed by atoms with van der Waals surface area (Å²) in [5, 5.41) is 11.4. The lowest BCUT2D eigenvalue weighted by Gasteiger charge is -2.12. The van der Waals surface area contributed by atoms with E-state index in [1.54, 1.807) is 0 Å². The van der Waals surface area contributed by atoms with Gasteiger partial charge in [-0.15, -0.1) is 0 Å². The van der Waals surface area contributed by atoms with Crippen LogP contribution in [0.2, 0.25) is 0 Å². The smallest absolute Gasteiger partial charge is 0.167 e. The lowest BCUT2D eigenvalue weighted by Crippen LogP contribution is -2.01. The number of nitrogens with zero attached hydrogens (tertiary/aromatic N) is 3. The van der Waals surface area contributed by atoms with E-state index in [4.69, 9.17) is 19.4 Å². The zero-order valence-corrected chi connectivity index (χ0v) is 31.8. The Kier molecular flexibility index (Phi) is 7.50. The Morgan fingerprint density at radius 1 is 0.271 bits per heavy atom. The highest BCUT2D eigenvalue weighted by atomic mass is 16.3. The van der Waals surface area contributed by atoms with Gasteiger partial charge in [0.25, 0.3) is 0 Å². The second kappa shape index (κ2) is 13.3. The molecule has 0 aliphatic carbocycles. The maximum Gasteiger partial charge on any atom is 0.167 e. The van der Waals surface area contributed by atoms with Gasteiger partial charge >= 0.3 is 0 Å².